The summed E-state index contributed by atoms with van der Waals surface area (Å²) in [5.41, 5.74) is 0.504. The van der Waals surface area contributed by atoms with Crippen molar-refractivity contribution in [2.45, 2.75) is 38.4 Å². The standard InChI is InChI=1S/C22H26FN7O2/c1-13-10-30(12-26-13)19-17(31-4)5-15(8-24-19)27-21-25-9-18-20(28-21)29(3)16(11-32-18)14-6-22(2,23)7-14/h5,8-10,12,14,16H,6-7,11H2,1-4H3,(H,25,27,28). The fourth-order valence-electron chi connectivity index (χ4n) is 4.49. The average Bonchev–Trinajstić information content (AvgIpc) is 3.18. The first kappa shape index (κ1) is 20.5. The number of nitrogens with zero attached hydrogens (tertiary/aromatic N) is 6. The molecule has 5 rings (SSSR count). The Balaban J connectivity index is 1.36. The number of rotatable bonds is 5. The predicted molar refractivity (Wildman–Crippen MR) is 118 cm³/mol. The number of imidazole rings is 1. The van der Waals surface area contributed by atoms with Gasteiger partial charge in [0.1, 0.15) is 18.6 Å². The maximum absolute atomic E-state index is 14.0. The molecule has 0 saturated heterocycles. The third-order valence-electron chi connectivity index (χ3n) is 6.16. The van der Waals surface area contributed by atoms with Gasteiger partial charge in [-0.15, -0.1) is 0 Å². The van der Waals surface area contributed by atoms with Crippen molar-refractivity contribution in [1.82, 2.24) is 24.5 Å². The smallest absolute Gasteiger partial charge is 0.229 e. The number of anilines is 3. The summed E-state index contributed by atoms with van der Waals surface area (Å²) in [7, 11) is 3.57. The number of halogens is 1. The van der Waals surface area contributed by atoms with Crippen LogP contribution in [0.5, 0.6) is 11.5 Å². The lowest BCUT2D eigenvalue weighted by atomic mass is 9.69. The Morgan fingerprint density at radius 1 is 1.22 bits per heavy atom. The number of nitrogens with one attached hydrogen (secondary N) is 1. The van der Waals surface area contributed by atoms with Crippen LogP contribution in [0, 0.1) is 12.8 Å². The number of aromatic nitrogens is 5. The highest BCUT2D eigenvalue weighted by atomic mass is 19.1. The van der Waals surface area contributed by atoms with Gasteiger partial charge in [-0.05, 0) is 32.6 Å². The minimum absolute atomic E-state index is 0.0914. The van der Waals surface area contributed by atoms with Gasteiger partial charge in [0.05, 0.1) is 36.9 Å². The van der Waals surface area contributed by atoms with Crippen molar-refractivity contribution in [3.63, 3.8) is 0 Å². The molecule has 1 fully saturated rings. The molecule has 0 aromatic carbocycles. The topological polar surface area (TPSA) is 90.2 Å². The Kier molecular flexibility index (Phi) is 4.87. The van der Waals surface area contributed by atoms with Crippen molar-refractivity contribution in [2.24, 2.45) is 5.92 Å². The summed E-state index contributed by atoms with van der Waals surface area (Å²) in [5.74, 6) is 3.21. The van der Waals surface area contributed by atoms with Gasteiger partial charge in [-0.1, -0.05) is 0 Å². The van der Waals surface area contributed by atoms with Crippen LogP contribution < -0.4 is 19.7 Å². The van der Waals surface area contributed by atoms with E-state index in [9.17, 15) is 4.39 Å². The van der Waals surface area contributed by atoms with Crippen LogP contribution in [0.3, 0.4) is 0 Å². The number of pyridine rings is 1. The molecule has 3 aromatic rings. The Bertz CT molecular complexity index is 1140. The number of ether oxygens (including phenoxy) is 2. The highest BCUT2D eigenvalue weighted by Gasteiger charge is 2.47. The molecule has 1 aliphatic carbocycles. The molecule has 1 atom stereocenters. The summed E-state index contributed by atoms with van der Waals surface area (Å²) < 4.78 is 27.2. The first-order valence-corrected chi connectivity index (χ1v) is 10.6. The minimum Gasteiger partial charge on any atom is -0.493 e. The summed E-state index contributed by atoms with van der Waals surface area (Å²) in [5, 5.41) is 3.19. The zero-order valence-corrected chi connectivity index (χ0v) is 18.5. The summed E-state index contributed by atoms with van der Waals surface area (Å²) in [4.78, 5) is 19.9. The molecule has 4 heterocycles. The second kappa shape index (κ2) is 7.61. The number of alkyl halides is 1. The molecule has 1 unspecified atom stereocenters. The molecule has 10 heteroatoms. The fourth-order valence-corrected chi connectivity index (χ4v) is 4.49. The molecule has 0 bridgehead atoms. The van der Waals surface area contributed by atoms with E-state index in [1.165, 1.54) is 0 Å². The van der Waals surface area contributed by atoms with Crippen LogP contribution in [-0.2, 0) is 0 Å². The van der Waals surface area contributed by atoms with Crippen molar-refractivity contribution in [3.05, 3.63) is 36.7 Å². The largest absolute Gasteiger partial charge is 0.493 e. The van der Waals surface area contributed by atoms with Crippen molar-refractivity contribution in [2.75, 3.05) is 31.0 Å². The van der Waals surface area contributed by atoms with E-state index in [0.717, 1.165) is 5.69 Å². The van der Waals surface area contributed by atoms with E-state index in [0.29, 0.717) is 54.2 Å². The van der Waals surface area contributed by atoms with Crippen LogP contribution in [-0.4, -0.2) is 57.0 Å². The number of methoxy groups -OCH3 is 1. The van der Waals surface area contributed by atoms with Gasteiger partial charge in [-0.25, -0.2) is 19.3 Å². The average molecular weight is 439 g/mol. The van der Waals surface area contributed by atoms with E-state index in [-0.39, 0.29) is 12.0 Å². The van der Waals surface area contributed by atoms with Gasteiger partial charge in [-0.2, -0.15) is 4.98 Å². The van der Waals surface area contributed by atoms with Gasteiger partial charge in [0.15, 0.2) is 23.1 Å². The van der Waals surface area contributed by atoms with Gasteiger partial charge in [-0.3, -0.25) is 4.57 Å². The number of hydrogen-bond acceptors (Lipinski definition) is 8. The molecular formula is C22H26FN7O2. The maximum atomic E-state index is 14.0. The number of hydrogen-bond donors (Lipinski definition) is 1. The van der Waals surface area contributed by atoms with E-state index < -0.39 is 5.67 Å². The van der Waals surface area contributed by atoms with Crippen molar-refractivity contribution in [3.8, 4) is 17.3 Å². The molecule has 0 spiro atoms. The Morgan fingerprint density at radius 3 is 2.72 bits per heavy atom. The van der Waals surface area contributed by atoms with E-state index in [1.54, 1.807) is 32.8 Å². The first-order chi connectivity index (χ1) is 15.3. The first-order valence-electron chi connectivity index (χ1n) is 10.6. The number of fused-ring (bicyclic) bond motifs is 1. The van der Waals surface area contributed by atoms with Crippen molar-refractivity contribution < 1.29 is 13.9 Å². The normalized spacial score (nSPS) is 24.3. The van der Waals surface area contributed by atoms with Crippen molar-refractivity contribution >= 4 is 17.5 Å². The van der Waals surface area contributed by atoms with Crippen LogP contribution in [0.2, 0.25) is 0 Å². The lowest BCUT2D eigenvalue weighted by Crippen LogP contribution is -2.53. The Hall–Kier alpha value is -3.43. The predicted octanol–water partition coefficient (Wildman–Crippen LogP) is 3.45. The summed E-state index contributed by atoms with van der Waals surface area (Å²) in [6, 6.07) is 1.92. The van der Waals surface area contributed by atoms with Gasteiger partial charge >= 0.3 is 0 Å². The maximum Gasteiger partial charge on any atom is 0.229 e. The van der Waals surface area contributed by atoms with Crippen molar-refractivity contribution in [1.29, 1.82) is 0 Å². The lowest BCUT2D eigenvalue weighted by Gasteiger charge is -2.47. The molecule has 0 amide bonds. The SMILES string of the molecule is COc1cc(Nc2ncc3c(n2)N(C)C(C2CC(C)(F)C2)CO3)cnc1-n1cnc(C)c1. The van der Waals surface area contributed by atoms with Crippen LogP contribution >= 0.6 is 0 Å². The Labute approximate surface area is 185 Å². The molecule has 32 heavy (non-hydrogen) atoms. The zero-order chi connectivity index (χ0) is 22.5. The third-order valence-corrected chi connectivity index (χ3v) is 6.16. The number of aryl methyl sites for hydroxylation is 1. The molecule has 9 nitrogen and oxygen atoms in total. The van der Waals surface area contributed by atoms with Gasteiger partial charge in [0.2, 0.25) is 5.95 Å². The molecule has 0 radical (unpaired) electrons. The van der Waals surface area contributed by atoms with E-state index in [4.69, 9.17) is 9.47 Å². The van der Waals surface area contributed by atoms with Crippen LogP contribution in [0.1, 0.15) is 25.5 Å². The van der Waals surface area contributed by atoms with E-state index in [2.05, 4.69) is 30.2 Å². The molecule has 2 aliphatic rings. The highest BCUT2D eigenvalue weighted by molar-refractivity contribution is 5.62. The highest BCUT2D eigenvalue weighted by Crippen LogP contribution is 2.46. The quantitative estimate of drug-likeness (QED) is 0.647. The monoisotopic (exact) mass is 439 g/mol. The van der Waals surface area contributed by atoms with Gasteiger partial charge in [0.25, 0.3) is 0 Å². The molecule has 1 saturated carbocycles. The zero-order valence-electron chi connectivity index (χ0n) is 18.5. The van der Waals surface area contributed by atoms with Gasteiger partial charge in [0, 0.05) is 19.3 Å². The fraction of sp³-hybridized carbons (Fsp3) is 0.455. The number of likely N-dealkylation sites (N-methyl/N-ethyl adjacent to an activating group) is 1. The summed E-state index contributed by atoms with van der Waals surface area (Å²) >= 11 is 0. The molecular weight excluding hydrogens is 413 g/mol. The lowest BCUT2D eigenvalue weighted by molar-refractivity contribution is 0.00185. The molecule has 1 aliphatic heterocycles. The Morgan fingerprint density at radius 2 is 2.03 bits per heavy atom. The van der Waals surface area contributed by atoms with Crippen LogP contribution in [0.25, 0.3) is 5.82 Å². The second-order valence-electron chi connectivity index (χ2n) is 8.75. The summed E-state index contributed by atoms with van der Waals surface area (Å²) in [6.45, 7) is 4.09. The summed E-state index contributed by atoms with van der Waals surface area (Å²) in [6.07, 6.45) is 8.01. The third kappa shape index (κ3) is 3.69. The van der Waals surface area contributed by atoms with E-state index >= 15 is 0 Å². The second-order valence-corrected chi connectivity index (χ2v) is 8.75. The van der Waals surface area contributed by atoms with Gasteiger partial charge < -0.3 is 19.7 Å². The molecule has 1 N–H and O–H groups in total. The molecule has 3 aromatic heterocycles. The van der Waals surface area contributed by atoms with E-state index in [1.807, 2.05) is 30.8 Å². The molecule has 168 valence electrons. The van der Waals surface area contributed by atoms with Crippen LogP contribution in [0.15, 0.2) is 31.0 Å². The van der Waals surface area contributed by atoms with Crippen LogP contribution in [0.4, 0.5) is 21.8 Å². The minimum atomic E-state index is -1.07.